The highest BCUT2D eigenvalue weighted by Crippen LogP contribution is 2.29. The lowest BCUT2D eigenvalue weighted by Crippen LogP contribution is -2.20. The predicted octanol–water partition coefficient (Wildman–Crippen LogP) is 2.81. The third-order valence-corrected chi connectivity index (χ3v) is 3.85. The van der Waals surface area contributed by atoms with E-state index in [0.29, 0.717) is 0 Å². The number of carboxylic acid groups (broad SMARTS) is 1. The van der Waals surface area contributed by atoms with Gasteiger partial charge < -0.3 is 15.2 Å². The molecule has 21 heavy (non-hydrogen) atoms. The van der Waals surface area contributed by atoms with Gasteiger partial charge in [-0.25, -0.2) is 9.48 Å². The summed E-state index contributed by atoms with van der Waals surface area (Å²) in [6.07, 6.45) is 2.17. The zero-order valence-corrected chi connectivity index (χ0v) is 12.0. The van der Waals surface area contributed by atoms with Crippen LogP contribution >= 0.6 is 0 Å². The van der Waals surface area contributed by atoms with E-state index in [-0.39, 0.29) is 12.8 Å². The van der Waals surface area contributed by atoms with Crippen LogP contribution in [0.15, 0.2) is 18.2 Å². The second kappa shape index (κ2) is 5.73. The maximum atomic E-state index is 10.7. The van der Waals surface area contributed by atoms with Gasteiger partial charge in [0.25, 0.3) is 0 Å². The first kappa shape index (κ1) is 13.9. The molecule has 1 aromatic heterocycles. The van der Waals surface area contributed by atoms with Crippen molar-refractivity contribution in [3.8, 4) is 0 Å². The minimum absolute atomic E-state index is 0.0161. The first-order valence-electron chi connectivity index (χ1n) is 7.22. The maximum absolute atomic E-state index is 10.7. The van der Waals surface area contributed by atoms with Crippen LogP contribution in [-0.2, 0) is 11.3 Å². The first-order chi connectivity index (χ1) is 10.2. The van der Waals surface area contributed by atoms with Crippen molar-refractivity contribution < 1.29 is 14.6 Å². The Kier molecular flexibility index (Phi) is 3.79. The molecule has 1 amide bonds. The highest BCUT2D eigenvalue weighted by Gasteiger charge is 2.21. The molecule has 3 rings (SSSR count). The van der Waals surface area contributed by atoms with E-state index in [1.54, 1.807) is 0 Å². The van der Waals surface area contributed by atoms with Crippen LogP contribution in [0.5, 0.6) is 0 Å². The second-order valence-corrected chi connectivity index (χ2v) is 5.32. The Bertz CT molecular complexity index is 659. The monoisotopic (exact) mass is 289 g/mol. The molecule has 112 valence electrons. The zero-order chi connectivity index (χ0) is 14.8. The van der Waals surface area contributed by atoms with E-state index in [2.05, 4.69) is 10.4 Å². The Morgan fingerprint density at radius 2 is 2.38 bits per heavy atom. The smallest absolute Gasteiger partial charge is 0.404 e. The summed E-state index contributed by atoms with van der Waals surface area (Å²) in [6, 6.07) is 5.87. The fourth-order valence-electron chi connectivity index (χ4n) is 2.91. The summed E-state index contributed by atoms with van der Waals surface area (Å²) >= 11 is 0. The minimum Gasteiger partial charge on any atom is -0.465 e. The summed E-state index contributed by atoms with van der Waals surface area (Å²) in [5.41, 5.74) is 2.85. The van der Waals surface area contributed by atoms with E-state index in [4.69, 9.17) is 9.84 Å². The molecule has 1 aliphatic rings. The molecule has 1 aliphatic heterocycles. The molecular weight excluding hydrogens is 270 g/mol. The molecule has 2 N–H and O–H groups in total. The van der Waals surface area contributed by atoms with Gasteiger partial charge in [0, 0.05) is 18.5 Å². The number of fused-ring (bicyclic) bond motifs is 1. The van der Waals surface area contributed by atoms with Gasteiger partial charge in [-0.3, -0.25) is 0 Å². The van der Waals surface area contributed by atoms with Crippen LogP contribution in [0.4, 0.5) is 4.79 Å². The molecule has 6 heteroatoms. The summed E-state index contributed by atoms with van der Waals surface area (Å²) in [5, 5.41) is 16.8. The Morgan fingerprint density at radius 3 is 3.10 bits per heavy atom. The Morgan fingerprint density at radius 1 is 1.52 bits per heavy atom. The van der Waals surface area contributed by atoms with E-state index in [1.807, 2.05) is 29.8 Å². The summed E-state index contributed by atoms with van der Waals surface area (Å²) in [6.45, 7) is 3.00. The van der Waals surface area contributed by atoms with Gasteiger partial charge in [-0.15, -0.1) is 0 Å². The molecule has 0 radical (unpaired) electrons. The molecule has 1 unspecified atom stereocenters. The normalized spacial score (nSPS) is 18.8. The largest absolute Gasteiger partial charge is 0.465 e. The summed E-state index contributed by atoms with van der Waals surface area (Å²) in [4.78, 5) is 10.7. The SMILES string of the molecule is Cc1nn(C2CCCCO2)c2cccc(CNC(=O)O)c12. The standard InChI is InChI=1S/C15H19N3O3/c1-10-14-11(9-16-15(19)20)5-4-6-12(14)18(17-10)13-7-2-3-8-21-13/h4-6,13,16H,2-3,7-9H2,1H3,(H,19,20). The number of ether oxygens (including phenoxy) is 1. The van der Waals surface area contributed by atoms with Gasteiger partial charge in [-0.1, -0.05) is 12.1 Å². The zero-order valence-electron chi connectivity index (χ0n) is 12.0. The van der Waals surface area contributed by atoms with E-state index < -0.39 is 6.09 Å². The number of rotatable bonds is 3. The summed E-state index contributed by atoms with van der Waals surface area (Å²) in [5.74, 6) is 0. The molecule has 0 aliphatic carbocycles. The average Bonchev–Trinajstić information content (AvgIpc) is 2.84. The number of carbonyl (C=O) groups is 1. The van der Waals surface area contributed by atoms with E-state index in [1.165, 1.54) is 0 Å². The Hall–Kier alpha value is -2.08. The van der Waals surface area contributed by atoms with Gasteiger partial charge in [0.1, 0.15) is 0 Å². The van der Waals surface area contributed by atoms with E-state index >= 15 is 0 Å². The molecule has 2 heterocycles. The third kappa shape index (κ3) is 2.71. The molecule has 1 atom stereocenters. The molecule has 0 saturated carbocycles. The average molecular weight is 289 g/mol. The molecule has 1 saturated heterocycles. The van der Waals surface area contributed by atoms with Crippen molar-refractivity contribution in [1.82, 2.24) is 15.1 Å². The molecule has 0 bridgehead atoms. The number of aromatic nitrogens is 2. The van der Waals surface area contributed by atoms with Crippen molar-refractivity contribution in [1.29, 1.82) is 0 Å². The van der Waals surface area contributed by atoms with Gasteiger partial charge in [-0.05, 0) is 37.8 Å². The summed E-state index contributed by atoms with van der Waals surface area (Å²) < 4.78 is 7.75. The Labute approximate surface area is 122 Å². The number of aryl methyl sites for hydroxylation is 1. The minimum atomic E-state index is -1.02. The van der Waals surface area contributed by atoms with Crippen molar-refractivity contribution >= 4 is 17.0 Å². The maximum Gasteiger partial charge on any atom is 0.404 e. The van der Waals surface area contributed by atoms with E-state index in [0.717, 1.165) is 48.0 Å². The van der Waals surface area contributed by atoms with Crippen molar-refractivity contribution in [3.05, 3.63) is 29.5 Å². The lowest BCUT2D eigenvalue weighted by molar-refractivity contribution is -0.0368. The highest BCUT2D eigenvalue weighted by atomic mass is 16.5. The summed E-state index contributed by atoms with van der Waals surface area (Å²) in [7, 11) is 0. The van der Waals surface area contributed by atoms with Crippen LogP contribution in [0.3, 0.4) is 0 Å². The number of nitrogens with one attached hydrogen (secondary N) is 1. The number of benzene rings is 1. The lowest BCUT2D eigenvalue weighted by Gasteiger charge is -2.23. The van der Waals surface area contributed by atoms with Gasteiger partial charge in [0.15, 0.2) is 6.23 Å². The van der Waals surface area contributed by atoms with Crippen LogP contribution < -0.4 is 5.32 Å². The fraction of sp³-hybridized carbons (Fsp3) is 0.467. The van der Waals surface area contributed by atoms with Crippen molar-refractivity contribution in [2.75, 3.05) is 6.61 Å². The lowest BCUT2D eigenvalue weighted by atomic mass is 10.1. The molecule has 6 nitrogen and oxygen atoms in total. The molecule has 0 spiro atoms. The van der Waals surface area contributed by atoms with Gasteiger partial charge >= 0.3 is 6.09 Å². The number of hydrogen-bond acceptors (Lipinski definition) is 3. The number of amides is 1. The molecular formula is C15H19N3O3. The predicted molar refractivity (Wildman–Crippen MR) is 78.2 cm³/mol. The van der Waals surface area contributed by atoms with Crippen molar-refractivity contribution in [2.45, 2.75) is 39.0 Å². The topological polar surface area (TPSA) is 76.4 Å². The third-order valence-electron chi connectivity index (χ3n) is 3.85. The molecule has 1 aromatic carbocycles. The molecule has 1 fully saturated rings. The van der Waals surface area contributed by atoms with Gasteiger partial charge in [-0.2, -0.15) is 5.10 Å². The van der Waals surface area contributed by atoms with Crippen molar-refractivity contribution in [2.24, 2.45) is 0 Å². The van der Waals surface area contributed by atoms with Crippen molar-refractivity contribution in [3.63, 3.8) is 0 Å². The van der Waals surface area contributed by atoms with Crippen LogP contribution in [0.2, 0.25) is 0 Å². The Balaban J connectivity index is 2.00. The van der Waals surface area contributed by atoms with Crippen LogP contribution in [-0.4, -0.2) is 27.6 Å². The number of nitrogens with zero attached hydrogens (tertiary/aromatic N) is 2. The van der Waals surface area contributed by atoms with Crippen LogP contribution in [0, 0.1) is 6.92 Å². The molecule has 2 aromatic rings. The second-order valence-electron chi connectivity index (χ2n) is 5.32. The quantitative estimate of drug-likeness (QED) is 0.911. The van der Waals surface area contributed by atoms with Gasteiger partial charge in [0.2, 0.25) is 0 Å². The number of hydrogen-bond donors (Lipinski definition) is 2. The van der Waals surface area contributed by atoms with Gasteiger partial charge in [0.05, 0.1) is 11.2 Å². The van der Waals surface area contributed by atoms with Crippen LogP contribution in [0.1, 0.15) is 36.7 Å². The first-order valence-corrected chi connectivity index (χ1v) is 7.22. The fourth-order valence-corrected chi connectivity index (χ4v) is 2.91. The van der Waals surface area contributed by atoms with E-state index in [9.17, 15) is 4.79 Å². The van der Waals surface area contributed by atoms with Crippen LogP contribution in [0.25, 0.3) is 10.9 Å². The highest BCUT2D eigenvalue weighted by molar-refractivity contribution is 5.85.